The van der Waals surface area contributed by atoms with Gasteiger partial charge in [0.05, 0.1) is 13.2 Å². The molecule has 2 aliphatic rings. The molecule has 2 aliphatic heterocycles. The Bertz CT molecular complexity index is 566. The highest BCUT2D eigenvalue weighted by Crippen LogP contribution is 2.23. The Kier molecular flexibility index (Phi) is 5.74. The van der Waals surface area contributed by atoms with Crippen LogP contribution in [0.15, 0.2) is 18.2 Å². The molecule has 2 atom stereocenters. The summed E-state index contributed by atoms with van der Waals surface area (Å²) in [4.78, 5) is 12.3. The Balaban J connectivity index is 1.56. The van der Waals surface area contributed by atoms with E-state index in [-0.39, 0.29) is 11.8 Å². The Morgan fingerprint density at radius 3 is 2.96 bits per heavy atom. The van der Waals surface area contributed by atoms with Gasteiger partial charge in [0, 0.05) is 30.6 Å². The molecule has 24 heavy (non-hydrogen) atoms. The van der Waals surface area contributed by atoms with Crippen LogP contribution in [0.1, 0.15) is 24.5 Å². The van der Waals surface area contributed by atoms with Crippen LogP contribution in [0.2, 0.25) is 0 Å². The van der Waals surface area contributed by atoms with Gasteiger partial charge in [-0.1, -0.05) is 19.1 Å². The van der Waals surface area contributed by atoms with Crippen molar-refractivity contribution in [3.05, 3.63) is 29.3 Å². The maximum absolute atomic E-state index is 12.3. The molecule has 0 bridgehead atoms. The summed E-state index contributed by atoms with van der Waals surface area (Å²) in [6.45, 7) is 8.75. The molecule has 0 aliphatic carbocycles. The van der Waals surface area contributed by atoms with Crippen LogP contribution in [-0.2, 0) is 16.1 Å². The molecule has 0 radical (unpaired) electrons. The zero-order valence-corrected chi connectivity index (χ0v) is 14.6. The van der Waals surface area contributed by atoms with Gasteiger partial charge in [0.25, 0.3) is 0 Å². The lowest BCUT2D eigenvalue weighted by atomic mass is 9.88. The quantitative estimate of drug-likeness (QED) is 0.800. The highest BCUT2D eigenvalue weighted by Gasteiger charge is 2.28. The molecule has 0 saturated carbocycles. The molecule has 2 saturated heterocycles. The SMILES string of the molecule is Cc1ccc(CNC(=O)C(C)C2CNC2)c(OCC2CCOC2)c1. The lowest BCUT2D eigenvalue weighted by Crippen LogP contribution is -2.49. The molecule has 5 nitrogen and oxygen atoms in total. The third-order valence-electron chi connectivity index (χ3n) is 5.11. The Morgan fingerprint density at radius 2 is 2.29 bits per heavy atom. The van der Waals surface area contributed by atoms with Crippen molar-refractivity contribution in [2.45, 2.75) is 26.8 Å². The smallest absolute Gasteiger partial charge is 0.223 e. The summed E-state index contributed by atoms with van der Waals surface area (Å²) in [7, 11) is 0. The van der Waals surface area contributed by atoms with E-state index < -0.39 is 0 Å². The Hall–Kier alpha value is -1.59. The summed E-state index contributed by atoms with van der Waals surface area (Å²) < 4.78 is 11.4. The van der Waals surface area contributed by atoms with Gasteiger partial charge in [-0.25, -0.2) is 0 Å². The second kappa shape index (κ2) is 7.99. The maximum Gasteiger partial charge on any atom is 0.223 e. The van der Waals surface area contributed by atoms with E-state index in [9.17, 15) is 4.79 Å². The number of amides is 1. The van der Waals surface area contributed by atoms with Crippen LogP contribution in [0.3, 0.4) is 0 Å². The molecule has 132 valence electrons. The van der Waals surface area contributed by atoms with E-state index in [2.05, 4.69) is 29.7 Å². The molecular formula is C19H28N2O3. The molecule has 2 heterocycles. The number of carbonyl (C=O) groups is 1. The molecule has 1 aromatic rings. The van der Waals surface area contributed by atoms with Gasteiger partial charge in [0.2, 0.25) is 5.91 Å². The van der Waals surface area contributed by atoms with Gasteiger partial charge in [-0.2, -0.15) is 0 Å². The van der Waals surface area contributed by atoms with Crippen molar-refractivity contribution in [1.29, 1.82) is 0 Å². The third-order valence-corrected chi connectivity index (χ3v) is 5.11. The molecule has 5 heteroatoms. The van der Waals surface area contributed by atoms with Crippen molar-refractivity contribution >= 4 is 5.91 Å². The van der Waals surface area contributed by atoms with E-state index in [0.29, 0.717) is 25.0 Å². The molecule has 0 aromatic heterocycles. The minimum atomic E-state index is 0.0525. The normalized spacial score (nSPS) is 22.0. The first-order chi connectivity index (χ1) is 11.6. The summed E-state index contributed by atoms with van der Waals surface area (Å²) in [5.74, 6) is 1.98. The van der Waals surface area contributed by atoms with Crippen molar-refractivity contribution in [2.24, 2.45) is 17.8 Å². The minimum Gasteiger partial charge on any atom is -0.493 e. The van der Waals surface area contributed by atoms with Crippen molar-refractivity contribution in [1.82, 2.24) is 10.6 Å². The first kappa shape index (κ1) is 17.2. The molecule has 1 amide bonds. The molecular weight excluding hydrogens is 304 g/mol. The minimum absolute atomic E-state index is 0.0525. The maximum atomic E-state index is 12.3. The number of hydrogen-bond acceptors (Lipinski definition) is 4. The number of nitrogens with one attached hydrogen (secondary N) is 2. The highest BCUT2D eigenvalue weighted by atomic mass is 16.5. The standard InChI is InChI=1S/C19H28N2O3/c1-13-3-4-16(10-21-19(22)14(2)17-8-20-9-17)18(7-13)24-12-15-5-6-23-11-15/h3-4,7,14-15,17,20H,5-6,8-12H2,1-2H3,(H,21,22). The molecule has 2 unspecified atom stereocenters. The molecule has 2 N–H and O–H groups in total. The second-order valence-electron chi connectivity index (χ2n) is 7.08. The number of carbonyl (C=O) groups excluding carboxylic acids is 1. The van der Waals surface area contributed by atoms with Crippen molar-refractivity contribution < 1.29 is 14.3 Å². The summed E-state index contributed by atoms with van der Waals surface area (Å²) >= 11 is 0. The summed E-state index contributed by atoms with van der Waals surface area (Å²) in [5, 5.41) is 6.28. The first-order valence-electron chi connectivity index (χ1n) is 8.92. The van der Waals surface area contributed by atoms with Crippen LogP contribution in [0.5, 0.6) is 5.75 Å². The topological polar surface area (TPSA) is 59.6 Å². The predicted molar refractivity (Wildman–Crippen MR) is 93.0 cm³/mol. The monoisotopic (exact) mass is 332 g/mol. The van der Waals surface area contributed by atoms with Gasteiger partial charge in [-0.3, -0.25) is 4.79 Å². The predicted octanol–water partition coefficient (Wildman–Crippen LogP) is 1.88. The van der Waals surface area contributed by atoms with Crippen molar-refractivity contribution in [3.8, 4) is 5.75 Å². The number of benzene rings is 1. The lowest BCUT2D eigenvalue weighted by Gasteiger charge is -2.31. The molecule has 3 rings (SSSR count). The number of hydrogen-bond donors (Lipinski definition) is 2. The average Bonchev–Trinajstić information content (AvgIpc) is 3.03. The van der Waals surface area contributed by atoms with Gasteiger partial charge in [-0.15, -0.1) is 0 Å². The van der Waals surface area contributed by atoms with E-state index in [0.717, 1.165) is 49.6 Å². The van der Waals surface area contributed by atoms with E-state index in [1.807, 2.05) is 13.0 Å². The average molecular weight is 332 g/mol. The third kappa shape index (κ3) is 4.28. The van der Waals surface area contributed by atoms with E-state index in [4.69, 9.17) is 9.47 Å². The van der Waals surface area contributed by atoms with E-state index in [1.54, 1.807) is 0 Å². The van der Waals surface area contributed by atoms with E-state index in [1.165, 1.54) is 0 Å². The van der Waals surface area contributed by atoms with Gasteiger partial charge in [0.1, 0.15) is 5.75 Å². The van der Waals surface area contributed by atoms with E-state index >= 15 is 0 Å². The van der Waals surface area contributed by atoms with Crippen molar-refractivity contribution in [3.63, 3.8) is 0 Å². The van der Waals surface area contributed by atoms with Crippen LogP contribution in [0.4, 0.5) is 0 Å². The second-order valence-corrected chi connectivity index (χ2v) is 7.08. The van der Waals surface area contributed by atoms with Crippen LogP contribution >= 0.6 is 0 Å². The Morgan fingerprint density at radius 1 is 1.46 bits per heavy atom. The van der Waals surface area contributed by atoms with Crippen LogP contribution in [0, 0.1) is 24.7 Å². The van der Waals surface area contributed by atoms with Crippen LogP contribution in [-0.4, -0.2) is 38.8 Å². The van der Waals surface area contributed by atoms with Gasteiger partial charge < -0.3 is 20.1 Å². The largest absolute Gasteiger partial charge is 0.493 e. The highest BCUT2D eigenvalue weighted by molar-refractivity contribution is 5.78. The number of rotatable bonds is 7. The van der Waals surface area contributed by atoms with Gasteiger partial charge in [0.15, 0.2) is 0 Å². The first-order valence-corrected chi connectivity index (χ1v) is 8.92. The number of ether oxygens (including phenoxy) is 2. The summed E-state index contributed by atoms with van der Waals surface area (Å²) in [6, 6.07) is 6.16. The van der Waals surface area contributed by atoms with Gasteiger partial charge in [-0.05, 0) is 44.0 Å². The molecule has 0 spiro atoms. The lowest BCUT2D eigenvalue weighted by molar-refractivity contribution is -0.126. The Labute approximate surface area is 144 Å². The van der Waals surface area contributed by atoms with Crippen LogP contribution in [0.25, 0.3) is 0 Å². The molecule has 1 aromatic carbocycles. The number of aryl methyl sites for hydroxylation is 1. The zero-order valence-electron chi connectivity index (χ0n) is 14.6. The van der Waals surface area contributed by atoms with Crippen molar-refractivity contribution in [2.75, 3.05) is 32.9 Å². The molecule has 2 fully saturated rings. The zero-order chi connectivity index (χ0) is 16.9. The fourth-order valence-corrected chi connectivity index (χ4v) is 3.09. The fraction of sp³-hybridized carbons (Fsp3) is 0.632. The van der Waals surface area contributed by atoms with Gasteiger partial charge >= 0.3 is 0 Å². The summed E-state index contributed by atoms with van der Waals surface area (Å²) in [5.41, 5.74) is 2.20. The van der Waals surface area contributed by atoms with Crippen LogP contribution < -0.4 is 15.4 Å². The summed E-state index contributed by atoms with van der Waals surface area (Å²) in [6.07, 6.45) is 1.06. The fourth-order valence-electron chi connectivity index (χ4n) is 3.09.